The van der Waals surface area contributed by atoms with Gasteiger partial charge in [-0.2, -0.15) is 0 Å². The lowest BCUT2D eigenvalue weighted by molar-refractivity contribution is 0.0748. The van der Waals surface area contributed by atoms with Gasteiger partial charge in [-0.15, -0.1) is 0 Å². The number of hydrogen-bond donors (Lipinski definition) is 1. The Labute approximate surface area is 57.0 Å². The Hall–Kier alpha value is -0.0800. The van der Waals surface area contributed by atoms with E-state index in [1.807, 2.05) is 5.01 Å². The van der Waals surface area contributed by atoms with E-state index < -0.39 is 0 Å². The predicted octanol–water partition coefficient (Wildman–Crippen LogP) is 0.980. The highest BCUT2D eigenvalue weighted by Gasteiger charge is 2.24. The average Bonchev–Trinajstić information content (AvgIpc) is 1.79. The lowest BCUT2D eigenvalue weighted by Crippen LogP contribution is -2.52. The second-order valence-corrected chi connectivity index (χ2v) is 3.31. The predicted molar refractivity (Wildman–Crippen MR) is 38.8 cm³/mol. The van der Waals surface area contributed by atoms with Crippen LogP contribution in [0.15, 0.2) is 0 Å². The maximum atomic E-state index is 5.60. The van der Waals surface area contributed by atoms with Crippen molar-refractivity contribution >= 4 is 0 Å². The zero-order valence-electron chi connectivity index (χ0n) is 6.30. The van der Waals surface area contributed by atoms with Gasteiger partial charge in [-0.1, -0.05) is 13.8 Å². The molecule has 0 spiro atoms. The van der Waals surface area contributed by atoms with Gasteiger partial charge in [0.25, 0.3) is 0 Å². The van der Waals surface area contributed by atoms with E-state index in [0.717, 1.165) is 12.5 Å². The van der Waals surface area contributed by atoms with Crippen LogP contribution in [0.1, 0.15) is 26.7 Å². The summed E-state index contributed by atoms with van der Waals surface area (Å²) in [5, 5.41) is 1.94. The molecular formula is C7H16N2. The molecule has 1 atom stereocenters. The van der Waals surface area contributed by atoms with Gasteiger partial charge in [0.1, 0.15) is 0 Å². The molecule has 1 fully saturated rings. The summed E-state index contributed by atoms with van der Waals surface area (Å²) in [5.74, 6) is 6.40. The van der Waals surface area contributed by atoms with Crippen LogP contribution in [0.25, 0.3) is 0 Å². The third-order valence-electron chi connectivity index (χ3n) is 1.93. The van der Waals surface area contributed by atoms with E-state index in [-0.39, 0.29) is 0 Å². The van der Waals surface area contributed by atoms with Gasteiger partial charge in [0, 0.05) is 12.6 Å². The average molecular weight is 128 g/mol. The first kappa shape index (κ1) is 7.03. The van der Waals surface area contributed by atoms with Crippen molar-refractivity contribution in [1.82, 2.24) is 5.01 Å². The Kier molecular flexibility index (Phi) is 2.09. The maximum absolute atomic E-state index is 5.60. The summed E-state index contributed by atoms with van der Waals surface area (Å²) in [4.78, 5) is 0. The molecule has 54 valence electrons. The summed E-state index contributed by atoms with van der Waals surface area (Å²) in [6.07, 6.45) is 2.56. The van der Waals surface area contributed by atoms with E-state index in [4.69, 9.17) is 5.84 Å². The van der Waals surface area contributed by atoms with Crippen LogP contribution in [-0.2, 0) is 0 Å². The lowest BCUT2D eigenvalue weighted by Gasteiger charge is -2.38. The highest BCUT2D eigenvalue weighted by atomic mass is 15.4. The number of rotatable bonds is 2. The van der Waals surface area contributed by atoms with Crippen molar-refractivity contribution in [3.05, 3.63) is 0 Å². The van der Waals surface area contributed by atoms with Crippen LogP contribution >= 0.6 is 0 Å². The molecule has 1 unspecified atom stereocenters. The van der Waals surface area contributed by atoms with Crippen LogP contribution in [0.4, 0.5) is 0 Å². The third-order valence-corrected chi connectivity index (χ3v) is 1.93. The first-order valence-corrected chi connectivity index (χ1v) is 3.71. The number of hydrazine groups is 1. The first-order valence-electron chi connectivity index (χ1n) is 3.71. The zero-order chi connectivity index (χ0) is 6.85. The molecule has 0 aromatic rings. The van der Waals surface area contributed by atoms with E-state index in [2.05, 4.69) is 13.8 Å². The minimum Gasteiger partial charge on any atom is -0.269 e. The lowest BCUT2D eigenvalue weighted by atomic mass is 9.95. The number of nitrogens with two attached hydrogens (primary N) is 1. The molecule has 9 heavy (non-hydrogen) atoms. The van der Waals surface area contributed by atoms with Crippen molar-refractivity contribution in [2.45, 2.75) is 32.7 Å². The zero-order valence-corrected chi connectivity index (χ0v) is 6.30. The summed E-state index contributed by atoms with van der Waals surface area (Å²) in [5.41, 5.74) is 0. The Bertz CT molecular complexity index is 90.9. The van der Waals surface area contributed by atoms with Crippen molar-refractivity contribution in [2.24, 2.45) is 11.8 Å². The number of nitrogens with zero attached hydrogens (tertiary/aromatic N) is 1. The summed E-state index contributed by atoms with van der Waals surface area (Å²) in [6, 6.07) is 0.685. The molecule has 1 heterocycles. The van der Waals surface area contributed by atoms with Crippen LogP contribution in [-0.4, -0.2) is 17.6 Å². The molecule has 0 aliphatic carbocycles. The monoisotopic (exact) mass is 128 g/mol. The van der Waals surface area contributed by atoms with Crippen molar-refractivity contribution in [2.75, 3.05) is 6.54 Å². The maximum Gasteiger partial charge on any atom is 0.0256 e. The summed E-state index contributed by atoms with van der Waals surface area (Å²) >= 11 is 0. The molecule has 0 saturated carbocycles. The van der Waals surface area contributed by atoms with E-state index in [9.17, 15) is 0 Å². The molecule has 0 aromatic carbocycles. The van der Waals surface area contributed by atoms with Crippen LogP contribution in [0.3, 0.4) is 0 Å². The molecule has 1 rings (SSSR count). The quantitative estimate of drug-likeness (QED) is 0.562. The molecule has 0 amide bonds. The van der Waals surface area contributed by atoms with E-state index >= 15 is 0 Å². The molecule has 1 saturated heterocycles. The topological polar surface area (TPSA) is 29.3 Å². The molecule has 0 radical (unpaired) electrons. The van der Waals surface area contributed by atoms with Crippen LogP contribution in [0.2, 0.25) is 0 Å². The van der Waals surface area contributed by atoms with Crippen molar-refractivity contribution in [3.8, 4) is 0 Å². The Morgan fingerprint density at radius 1 is 1.67 bits per heavy atom. The molecule has 1 aliphatic heterocycles. The molecule has 2 N–H and O–H groups in total. The second-order valence-electron chi connectivity index (χ2n) is 3.31. The molecule has 0 aromatic heterocycles. The van der Waals surface area contributed by atoms with Gasteiger partial charge in [-0.05, 0) is 18.8 Å². The van der Waals surface area contributed by atoms with Crippen molar-refractivity contribution in [1.29, 1.82) is 0 Å². The third kappa shape index (κ3) is 1.66. The van der Waals surface area contributed by atoms with Gasteiger partial charge >= 0.3 is 0 Å². The largest absolute Gasteiger partial charge is 0.269 e. The Balaban J connectivity index is 2.13. The highest BCUT2D eigenvalue weighted by molar-refractivity contribution is 4.78. The van der Waals surface area contributed by atoms with Crippen LogP contribution < -0.4 is 5.84 Å². The minimum atomic E-state index is 0.685. The van der Waals surface area contributed by atoms with E-state index in [1.165, 1.54) is 12.8 Å². The fourth-order valence-electron chi connectivity index (χ4n) is 1.26. The highest BCUT2D eigenvalue weighted by Crippen LogP contribution is 2.19. The Morgan fingerprint density at radius 3 is 2.44 bits per heavy atom. The smallest absolute Gasteiger partial charge is 0.0256 e. The SMILES string of the molecule is CC(C)CC1CCN1N. The molecular weight excluding hydrogens is 112 g/mol. The van der Waals surface area contributed by atoms with Gasteiger partial charge in [0.15, 0.2) is 0 Å². The molecule has 2 heteroatoms. The minimum absolute atomic E-state index is 0.685. The standard InChI is InChI=1S/C7H16N2/c1-6(2)5-7-3-4-9(7)8/h6-7H,3-5,8H2,1-2H3. The van der Waals surface area contributed by atoms with Gasteiger partial charge in [-0.25, -0.2) is 5.01 Å². The van der Waals surface area contributed by atoms with E-state index in [1.54, 1.807) is 0 Å². The summed E-state index contributed by atoms with van der Waals surface area (Å²) in [7, 11) is 0. The van der Waals surface area contributed by atoms with Gasteiger partial charge < -0.3 is 0 Å². The van der Waals surface area contributed by atoms with Crippen LogP contribution in [0.5, 0.6) is 0 Å². The van der Waals surface area contributed by atoms with Gasteiger partial charge in [-0.3, -0.25) is 5.84 Å². The van der Waals surface area contributed by atoms with Crippen LogP contribution in [0, 0.1) is 5.92 Å². The van der Waals surface area contributed by atoms with Crippen molar-refractivity contribution < 1.29 is 0 Å². The fraction of sp³-hybridized carbons (Fsp3) is 1.00. The summed E-state index contributed by atoms with van der Waals surface area (Å²) in [6.45, 7) is 5.58. The van der Waals surface area contributed by atoms with Crippen molar-refractivity contribution in [3.63, 3.8) is 0 Å². The van der Waals surface area contributed by atoms with Gasteiger partial charge in [0.05, 0.1) is 0 Å². The molecule has 1 aliphatic rings. The van der Waals surface area contributed by atoms with Gasteiger partial charge in [0.2, 0.25) is 0 Å². The second kappa shape index (κ2) is 2.67. The van der Waals surface area contributed by atoms with E-state index in [0.29, 0.717) is 6.04 Å². The normalized spacial score (nSPS) is 28.7. The molecule has 2 nitrogen and oxygen atoms in total. The Morgan fingerprint density at radius 2 is 2.33 bits per heavy atom. The first-order chi connectivity index (χ1) is 4.20. The summed E-state index contributed by atoms with van der Waals surface area (Å²) < 4.78 is 0. The number of hydrogen-bond acceptors (Lipinski definition) is 2. The molecule has 0 bridgehead atoms. The fourth-order valence-corrected chi connectivity index (χ4v) is 1.26.